The van der Waals surface area contributed by atoms with Crippen molar-refractivity contribution in [1.29, 1.82) is 0 Å². The largest absolute Gasteiger partial charge is 0.309 e. The highest BCUT2D eigenvalue weighted by atomic mass is 32.2. The maximum atomic E-state index is 4.77. The van der Waals surface area contributed by atoms with Crippen LogP contribution in [0.5, 0.6) is 0 Å². The predicted octanol–water partition coefficient (Wildman–Crippen LogP) is 0.326. The monoisotopic (exact) mass is 152 g/mol. The van der Waals surface area contributed by atoms with Gasteiger partial charge >= 0.3 is 0 Å². The third-order valence-corrected chi connectivity index (χ3v) is 2.45. The number of hydrogen-bond donors (Lipinski definition) is 3. The van der Waals surface area contributed by atoms with Crippen LogP contribution in [0.4, 0.5) is 0 Å². The van der Waals surface area contributed by atoms with Crippen LogP contribution in [0.2, 0.25) is 0 Å². The smallest absolute Gasteiger partial charge is 0.114 e. The zero-order valence-corrected chi connectivity index (χ0v) is 5.87. The van der Waals surface area contributed by atoms with Crippen molar-refractivity contribution in [3.8, 4) is 0 Å². The molecule has 7 heavy (non-hydrogen) atoms. The minimum absolute atomic E-state index is 0.0417. The van der Waals surface area contributed by atoms with Crippen LogP contribution < -0.4 is 9.44 Å². The fourth-order valence-electron chi connectivity index (χ4n) is 0.245. The molecule has 0 aromatic carbocycles. The molecule has 1 heterocycles. The van der Waals surface area contributed by atoms with E-state index in [1.807, 2.05) is 0 Å². The summed E-state index contributed by atoms with van der Waals surface area (Å²) in [6.07, 6.45) is 0. The molecule has 0 aromatic heterocycles. The Hall–Kier alpha value is 0.550. The third-order valence-electron chi connectivity index (χ3n) is 0.571. The molecule has 0 spiro atoms. The van der Waals surface area contributed by atoms with E-state index in [9.17, 15) is 0 Å². The number of rotatable bonds is 0. The van der Waals surface area contributed by atoms with Crippen LogP contribution >= 0.6 is 37.0 Å². The molecule has 40 valence electrons. The molecule has 0 aromatic rings. The van der Waals surface area contributed by atoms with Gasteiger partial charge in [-0.25, -0.2) is 4.72 Å². The topological polar surface area (TPSA) is 24.1 Å². The Morgan fingerprint density at radius 3 is 2.71 bits per heavy atom. The Labute approximate surface area is 57.1 Å². The quantitative estimate of drug-likeness (QED) is 0.264. The van der Waals surface area contributed by atoms with E-state index in [4.69, 9.17) is 12.2 Å². The van der Waals surface area contributed by atoms with Crippen LogP contribution in [-0.4, -0.2) is 10.4 Å². The summed E-state index contributed by atoms with van der Waals surface area (Å²) in [5.41, 5.74) is 0. The van der Waals surface area contributed by atoms with E-state index in [1.54, 1.807) is 0 Å². The zero-order chi connectivity index (χ0) is 5.28. The summed E-state index contributed by atoms with van der Waals surface area (Å²) in [5.74, 6) is 0. The lowest BCUT2D eigenvalue weighted by Crippen LogP contribution is -2.18. The summed E-state index contributed by atoms with van der Waals surface area (Å²) in [4.78, 5) is 0.758. The minimum atomic E-state index is 0.0417. The van der Waals surface area contributed by atoms with Crippen LogP contribution in [0.1, 0.15) is 0 Å². The fraction of sp³-hybridized carbons (Fsp3) is 0.500. The third kappa shape index (κ3) is 1.22. The number of hydrogen-bond acceptors (Lipinski definition) is 4. The number of nitrogens with one attached hydrogen (secondary N) is 2. The first-order valence-corrected chi connectivity index (χ1v) is 3.44. The standard InChI is InChI=1S/C2H4N2S3/c5-1-2(6)4-7-3-1/h1,3,5H,(H,4,6). The Bertz CT molecular complexity index is 92.9. The van der Waals surface area contributed by atoms with Gasteiger partial charge in [0.15, 0.2) is 0 Å². The van der Waals surface area contributed by atoms with Gasteiger partial charge in [-0.2, -0.15) is 12.6 Å². The van der Waals surface area contributed by atoms with Crippen molar-refractivity contribution >= 4 is 42.0 Å². The molecule has 1 aliphatic rings. The Morgan fingerprint density at radius 1 is 1.86 bits per heavy atom. The average molecular weight is 152 g/mol. The van der Waals surface area contributed by atoms with Gasteiger partial charge in [-0.05, 0) is 0 Å². The number of thiocarbonyl (C=S) groups is 1. The first kappa shape index (κ1) is 5.68. The van der Waals surface area contributed by atoms with E-state index >= 15 is 0 Å². The van der Waals surface area contributed by atoms with Gasteiger partial charge in [0.05, 0.1) is 0 Å². The molecule has 2 N–H and O–H groups in total. The molecule has 0 radical (unpaired) electrons. The summed E-state index contributed by atoms with van der Waals surface area (Å²) >= 11 is 10.2. The molecule has 1 rings (SSSR count). The van der Waals surface area contributed by atoms with E-state index in [-0.39, 0.29) is 5.37 Å². The fourth-order valence-corrected chi connectivity index (χ4v) is 1.32. The van der Waals surface area contributed by atoms with Crippen molar-refractivity contribution in [3.05, 3.63) is 0 Å². The minimum Gasteiger partial charge on any atom is -0.309 e. The van der Waals surface area contributed by atoms with Crippen molar-refractivity contribution < 1.29 is 0 Å². The van der Waals surface area contributed by atoms with Gasteiger partial charge in [0.25, 0.3) is 0 Å². The molecular weight excluding hydrogens is 148 g/mol. The van der Waals surface area contributed by atoms with Crippen LogP contribution in [0.3, 0.4) is 0 Å². The Morgan fingerprint density at radius 2 is 2.57 bits per heavy atom. The average Bonchev–Trinajstić information content (AvgIpc) is 1.91. The van der Waals surface area contributed by atoms with Crippen LogP contribution in [0, 0.1) is 0 Å². The van der Waals surface area contributed by atoms with E-state index in [0.29, 0.717) is 0 Å². The molecular formula is C2H4N2S3. The maximum Gasteiger partial charge on any atom is 0.114 e. The molecule has 0 saturated carbocycles. The lowest BCUT2D eigenvalue weighted by molar-refractivity contribution is 1.15. The summed E-state index contributed by atoms with van der Waals surface area (Å²) < 4.78 is 5.73. The van der Waals surface area contributed by atoms with E-state index in [1.165, 1.54) is 12.1 Å². The normalized spacial score (nSPS) is 30.4. The summed E-state index contributed by atoms with van der Waals surface area (Å²) in [7, 11) is 0. The van der Waals surface area contributed by atoms with Gasteiger partial charge in [0, 0.05) is 12.1 Å². The first-order chi connectivity index (χ1) is 3.30. The SMILES string of the molecule is S=C1NSNC1S. The van der Waals surface area contributed by atoms with Crippen molar-refractivity contribution in [2.45, 2.75) is 5.37 Å². The molecule has 0 amide bonds. The van der Waals surface area contributed by atoms with E-state index < -0.39 is 0 Å². The van der Waals surface area contributed by atoms with Gasteiger partial charge in [-0.1, -0.05) is 12.2 Å². The van der Waals surface area contributed by atoms with Crippen LogP contribution in [0.25, 0.3) is 0 Å². The Kier molecular flexibility index (Phi) is 1.80. The Balaban J connectivity index is 2.48. The highest BCUT2D eigenvalue weighted by molar-refractivity contribution is 8.00. The predicted molar refractivity (Wildman–Crippen MR) is 39.2 cm³/mol. The van der Waals surface area contributed by atoms with Crippen molar-refractivity contribution in [2.75, 3.05) is 0 Å². The highest BCUT2D eigenvalue weighted by Gasteiger charge is 2.14. The van der Waals surface area contributed by atoms with E-state index in [0.717, 1.165) is 4.99 Å². The summed E-state index contributed by atoms with van der Waals surface area (Å²) in [6, 6.07) is 0. The van der Waals surface area contributed by atoms with Gasteiger partial charge < -0.3 is 4.72 Å². The lowest BCUT2D eigenvalue weighted by Gasteiger charge is -1.92. The molecule has 1 atom stereocenters. The second-order valence-corrected chi connectivity index (χ2v) is 2.69. The second-order valence-electron chi connectivity index (χ2n) is 1.09. The van der Waals surface area contributed by atoms with Gasteiger partial charge in [-0.3, -0.25) is 0 Å². The van der Waals surface area contributed by atoms with E-state index in [2.05, 4.69) is 22.1 Å². The van der Waals surface area contributed by atoms with Gasteiger partial charge in [0.2, 0.25) is 0 Å². The summed E-state index contributed by atoms with van der Waals surface area (Å²) in [6.45, 7) is 0. The van der Waals surface area contributed by atoms with Crippen molar-refractivity contribution in [1.82, 2.24) is 9.44 Å². The van der Waals surface area contributed by atoms with Crippen LogP contribution in [-0.2, 0) is 0 Å². The maximum absolute atomic E-state index is 4.77. The van der Waals surface area contributed by atoms with Gasteiger partial charge in [0.1, 0.15) is 10.4 Å². The first-order valence-electron chi connectivity index (χ1n) is 1.70. The highest BCUT2D eigenvalue weighted by Crippen LogP contribution is 2.06. The molecule has 0 bridgehead atoms. The van der Waals surface area contributed by atoms with Crippen molar-refractivity contribution in [2.24, 2.45) is 0 Å². The molecule has 1 fully saturated rings. The number of thiol groups is 1. The van der Waals surface area contributed by atoms with Gasteiger partial charge in [-0.15, -0.1) is 0 Å². The lowest BCUT2D eigenvalue weighted by atomic mass is 10.7. The van der Waals surface area contributed by atoms with Crippen molar-refractivity contribution in [3.63, 3.8) is 0 Å². The molecule has 2 nitrogen and oxygen atoms in total. The second kappa shape index (κ2) is 2.21. The molecule has 0 aliphatic carbocycles. The molecule has 1 saturated heterocycles. The van der Waals surface area contributed by atoms with Crippen LogP contribution in [0.15, 0.2) is 0 Å². The molecule has 1 unspecified atom stereocenters. The zero-order valence-electron chi connectivity index (χ0n) is 3.34. The molecule has 5 heteroatoms. The summed E-state index contributed by atoms with van der Waals surface area (Å²) in [5, 5.41) is 0.0417. The molecule has 1 aliphatic heterocycles.